The van der Waals surface area contributed by atoms with E-state index in [0.29, 0.717) is 49.1 Å². The van der Waals surface area contributed by atoms with E-state index >= 15 is 0 Å². The van der Waals surface area contributed by atoms with E-state index in [-0.39, 0.29) is 6.10 Å². The molecule has 29 heavy (non-hydrogen) atoms. The molecule has 0 aliphatic rings. The number of aryl methyl sites for hydroxylation is 1. The van der Waals surface area contributed by atoms with Crippen LogP contribution in [-0.4, -0.2) is 38.6 Å². The van der Waals surface area contributed by atoms with E-state index in [1.54, 1.807) is 14.2 Å². The van der Waals surface area contributed by atoms with Gasteiger partial charge in [0.1, 0.15) is 0 Å². The van der Waals surface area contributed by atoms with Crippen LogP contribution in [0.3, 0.4) is 0 Å². The van der Waals surface area contributed by atoms with Crippen molar-refractivity contribution in [1.82, 2.24) is 0 Å². The molecule has 1 aromatic carbocycles. The van der Waals surface area contributed by atoms with E-state index in [0.717, 1.165) is 56.9 Å². The number of hydrogen-bond acceptors (Lipinski definition) is 5. The van der Waals surface area contributed by atoms with Gasteiger partial charge in [-0.05, 0) is 38.2 Å². The third kappa shape index (κ3) is 8.73. The Balaban J connectivity index is 3.14. The van der Waals surface area contributed by atoms with Crippen LogP contribution >= 0.6 is 0 Å². The Morgan fingerprint density at radius 1 is 0.759 bits per heavy atom. The van der Waals surface area contributed by atoms with Crippen LogP contribution in [0.2, 0.25) is 0 Å². The fourth-order valence-corrected chi connectivity index (χ4v) is 3.34. The zero-order valence-electron chi connectivity index (χ0n) is 19.2. The fraction of sp³-hybridized carbons (Fsp3) is 0.750. The van der Waals surface area contributed by atoms with E-state index in [9.17, 15) is 5.11 Å². The maximum atomic E-state index is 10.2. The summed E-state index contributed by atoms with van der Waals surface area (Å²) in [5.41, 5.74) is 1.000. The Hall–Kier alpha value is -1.62. The molecule has 0 heterocycles. The van der Waals surface area contributed by atoms with Crippen molar-refractivity contribution in [2.24, 2.45) is 0 Å². The van der Waals surface area contributed by atoms with Crippen LogP contribution in [0.15, 0.2) is 6.07 Å². The Morgan fingerprint density at radius 2 is 1.38 bits per heavy atom. The number of hydrogen-bond donors (Lipinski definition) is 1. The number of aliphatic hydroxyl groups excluding tert-OH is 1. The summed E-state index contributed by atoms with van der Waals surface area (Å²) < 4.78 is 23.5. The molecular formula is C24H42O5. The standard InChI is InChI=1S/C24H42O5/c1-6-9-11-16-28-21-18-19(14-15-20(25)13-8-3)22(29-17-12-10-7-2)24(27-5)23(21)26-4/h18,20,25H,6-17H2,1-5H3. The summed E-state index contributed by atoms with van der Waals surface area (Å²) in [4.78, 5) is 0. The largest absolute Gasteiger partial charge is 0.490 e. The molecule has 0 aromatic heterocycles. The zero-order valence-corrected chi connectivity index (χ0v) is 19.2. The summed E-state index contributed by atoms with van der Waals surface area (Å²) in [5.74, 6) is 2.55. The van der Waals surface area contributed by atoms with Gasteiger partial charge in [0.15, 0.2) is 11.5 Å². The van der Waals surface area contributed by atoms with Gasteiger partial charge in [-0.15, -0.1) is 0 Å². The number of ether oxygens (including phenoxy) is 4. The Kier molecular flexibility index (Phi) is 13.4. The van der Waals surface area contributed by atoms with E-state index < -0.39 is 0 Å². The number of methoxy groups -OCH3 is 2. The van der Waals surface area contributed by atoms with Crippen molar-refractivity contribution in [1.29, 1.82) is 0 Å². The quantitative estimate of drug-likeness (QED) is 0.322. The summed E-state index contributed by atoms with van der Waals surface area (Å²) in [6, 6.07) is 2.00. The van der Waals surface area contributed by atoms with Gasteiger partial charge in [0, 0.05) is 5.56 Å². The molecule has 5 heteroatoms. The summed E-state index contributed by atoms with van der Waals surface area (Å²) in [6.07, 6.45) is 9.40. The monoisotopic (exact) mass is 410 g/mol. The van der Waals surface area contributed by atoms with Gasteiger partial charge in [0.25, 0.3) is 0 Å². The molecular weight excluding hydrogens is 368 g/mol. The molecule has 1 aromatic rings. The molecule has 5 nitrogen and oxygen atoms in total. The maximum Gasteiger partial charge on any atom is 0.207 e. The van der Waals surface area contributed by atoms with Crippen LogP contribution in [0.4, 0.5) is 0 Å². The van der Waals surface area contributed by atoms with Crippen molar-refractivity contribution in [2.75, 3.05) is 27.4 Å². The minimum absolute atomic E-state index is 0.310. The smallest absolute Gasteiger partial charge is 0.207 e. The molecule has 0 amide bonds. The lowest BCUT2D eigenvalue weighted by Crippen LogP contribution is -2.10. The van der Waals surface area contributed by atoms with Gasteiger partial charge in [0.05, 0.1) is 33.5 Å². The van der Waals surface area contributed by atoms with Crippen molar-refractivity contribution in [3.8, 4) is 23.0 Å². The first-order valence-corrected chi connectivity index (χ1v) is 11.3. The second kappa shape index (κ2) is 15.3. The highest BCUT2D eigenvalue weighted by Gasteiger charge is 2.23. The third-order valence-electron chi connectivity index (χ3n) is 5.01. The topological polar surface area (TPSA) is 57.2 Å². The summed E-state index contributed by atoms with van der Waals surface area (Å²) in [6.45, 7) is 7.71. The van der Waals surface area contributed by atoms with Gasteiger partial charge >= 0.3 is 0 Å². The molecule has 1 rings (SSSR count). The van der Waals surface area contributed by atoms with Gasteiger partial charge in [-0.3, -0.25) is 0 Å². The van der Waals surface area contributed by atoms with Crippen molar-refractivity contribution >= 4 is 0 Å². The van der Waals surface area contributed by atoms with E-state index in [1.807, 2.05) is 6.07 Å². The second-order valence-corrected chi connectivity index (χ2v) is 7.52. The van der Waals surface area contributed by atoms with Crippen LogP contribution in [0.5, 0.6) is 23.0 Å². The Morgan fingerprint density at radius 3 is 1.93 bits per heavy atom. The number of benzene rings is 1. The average molecular weight is 411 g/mol. The molecule has 0 saturated heterocycles. The molecule has 1 unspecified atom stereocenters. The minimum atomic E-state index is -0.310. The van der Waals surface area contributed by atoms with Gasteiger partial charge in [-0.1, -0.05) is 52.9 Å². The molecule has 0 fully saturated rings. The molecule has 0 saturated carbocycles. The molecule has 1 N–H and O–H groups in total. The summed E-state index contributed by atoms with van der Waals surface area (Å²) >= 11 is 0. The molecule has 0 aliphatic heterocycles. The number of aliphatic hydroxyl groups is 1. The summed E-state index contributed by atoms with van der Waals surface area (Å²) in [5, 5.41) is 10.2. The van der Waals surface area contributed by atoms with E-state index in [1.165, 1.54) is 0 Å². The first kappa shape index (κ1) is 25.4. The van der Waals surface area contributed by atoms with Crippen molar-refractivity contribution in [2.45, 2.75) is 91.1 Å². The Bertz CT molecular complexity index is 559. The van der Waals surface area contributed by atoms with Crippen molar-refractivity contribution in [3.63, 3.8) is 0 Å². The predicted octanol–water partition coefficient (Wildman–Crippen LogP) is 5.94. The normalized spacial score (nSPS) is 11.9. The third-order valence-corrected chi connectivity index (χ3v) is 5.01. The SMILES string of the molecule is CCCCCOc1cc(CCC(O)CCC)c(OCCCCC)c(OC)c1OC. The summed E-state index contributed by atoms with van der Waals surface area (Å²) in [7, 11) is 3.26. The highest BCUT2D eigenvalue weighted by atomic mass is 16.5. The lowest BCUT2D eigenvalue weighted by Gasteiger charge is -2.21. The highest BCUT2D eigenvalue weighted by molar-refractivity contribution is 5.63. The van der Waals surface area contributed by atoms with Crippen LogP contribution in [-0.2, 0) is 6.42 Å². The number of rotatable bonds is 17. The average Bonchev–Trinajstić information content (AvgIpc) is 2.73. The lowest BCUT2D eigenvalue weighted by atomic mass is 10.0. The Labute approximate surface area is 177 Å². The zero-order chi connectivity index (χ0) is 21.5. The molecule has 0 aliphatic carbocycles. The van der Waals surface area contributed by atoms with Crippen LogP contribution in [0.1, 0.15) is 84.1 Å². The highest BCUT2D eigenvalue weighted by Crippen LogP contribution is 2.47. The van der Waals surface area contributed by atoms with Gasteiger partial charge in [-0.25, -0.2) is 0 Å². The van der Waals surface area contributed by atoms with Crippen LogP contribution in [0.25, 0.3) is 0 Å². The van der Waals surface area contributed by atoms with E-state index in [2.05, 4.69) is 20.8 Å². The van der Waals surface area contributed by atoms with Gasteiger partial charge in [0.2, 0.25) is 11.5 Å². The predicted molar refractivity (Wildman–Crippen MR) is 119 cm³/mol. The van der Waals surface area contributed by atoms with Gasteiger partial charge < -0.3 is 24.1 Å². The second-order valence-electron chi connectivity index (χ2n) is 7.52. The first-order valence-electron chi connectivity index (χ1n) is 11.3. The van der Waals surface area contributed by atoms with Crippen molar-refractivity contribution in [3.05, 3.63) is 11.6 Å². The molecule has 0 radical (unpaired) electrons. The first-order chi connectivity index (χ1) is 14.1. The van der Waals surface area contributed by atoms with Crippen LogP contribution < -0.4 is 18.9 Å². The molecule has 0 bridgehead atoms. The number of unbranched alkanes of at least 4 members (excludes halogenated alkanes) is 4. The molecule has 0 spiro atoms. The lowest BCUT2D eigenvalue weighted by molar-refractivity contribution is 0.153. The van der Waals surface area contributed by atoms with E-state index in [4.69, 9.17) is 18.9 Å². The molecule has 168 valence electrons. The van der Waals surface area contributed by atoms with Crippen LogP contribution in [0, 0.1) is 0 Å². The minimum Gasteiger partial charge on any atom is -0.490 e. The maximum absolute atomic E-state index is 10.2. The fourth-order valence-electron chi connectivity index (χ4n) is 3.34. The van der Waals surface area contributed by atoms with Crippen molar-refractivity contribution < 1.29 is 24.1 Å². The molecule has 1 atom stereocenters. The van der Waals surface area contributed by atoms with Gasteiger partial charge in [-0.2, -0.15) is 0 Å².